The van der Waals surface area contributed by atoms with Crippen LogP contribution in [0.1, 0.15) is 24.0 Å². The molecule has 0 amide bonds. The fourth-order valence-electron chi connectivity index (χ4n) is 2.80. The molecular weight excluding hydrogens is 270 g/mol. The van der Waals surface area contributed by atoms with E-state index in [4.69, 9.17) is 4.99 Å². The maximum Gasteiger partial charge on any atom is 0.105 e. The molecule has 0 bridgehead atoms. The van der Waals surface area contributed by atoms with Gasteiger partial charge in [0.25, 0.3) is 0 Å². The molecule has 2 aromatic rings. The van der Waals surface area contributed by atoms with Crippen LogP contribution in [0.15, 0.2) is 59.6 Å². The van der Waals surface area contributed by atoms with Gasteiger partial charge >= 0.3 is 0 Å². The van der Waals surface area contributed by atoms with E-state index in [1.165, 1.54) is 5.56 Å². The molecule has 1 saturated heterocycles. The third kappa shape index (κ3) is 3.35. The second kappa shape index (κ2) is 6.91. The lowest BCUT2D eigenvalue weighted by atomic mass is 10.1. The van der Waals surface area contributed by atoms with Crippen LogP contribution in [0.4, 0.5) is 5.69 Å². The Morgan fingerprint density at radius 3 is 2.64 bits per heavy atom. The summed E-state index contributed by atoms with van der Waals surface area (Å²) in [6.45, 7) is 2.04. The fraction of sp³-hybridized carbons (Fsp3) is 0.263. The van der Waals surface area contributed by atoms with Crippen LogP contribution in [-0.2, 0) is 6.42 Å². The number of nitrogens with zero attached hydrogens (tertiary/aromatic N) is 3. The Kier molecular flexibility index (Phi) is 4.50. The maximum atomic E-state index is 9.18. The van der Waals surface area contributed by atoms with Crippen LogP contribution in [0.25, 0.3) is 0 Å². The van der Waals surface area contributed by atoms with Gasteiger partial charge in [0, 0.05) is 19.5 Å². The highest BCUT2D eigenvalue weighted by molar-refractivity contribution is 5.87. The number of hydrogen-bond acceptors (Lipinski definition) is 2. The first-order chi connectivity index (χ1) is 10.9. The van der Waals surface area contributed by atoms with E-state index in [9.17, 15) is 5.26 Å². The molecule has 0 atom stereocenters. The van der Waals surface area contributed by atoms with Crippen molar-refractivity contribution in [3.05, 3.63) is 65.7 Å². The Morgan fingerprint density at radius 2 is 1.82 bits per heavy atom. The van der Waals surface area contributed by atoms with Gasteiger partial charge in [-0.05, 0) is 30.5 Å². The lowest BCUT2D eigenvalue weighted by Gasteiger charge is -2.19. The van der Waals surface area contributed by atoms with E-state index in [-0.39, 0.29) is 0 Å². The summed E-state index contributed by atoms with van der Waals surface area (Å²) < 4.78 is 0. The lowest BCUT2D eigenvalue weighted by Crippen LogP contribution is -2.27. The van der Waals surface area contributed by atoms with Crippen molar-refractivity contribution in [1.82, 2.24) is 4.90 Å². The molecule has 0 saturated carbocycles. The van der Waals surface area contributed by atoms with Crippen LogP contribution in [0.5, 0.6) is 0 Å². The monoisotopic (exact) mass is 289 g/mol. The smallest absolute Gasteiger partial charge is 0.105 e. The molecule has 1 aliphatic heterocycles. The molecule has 3 rings (SSSR count). The zero-order valence-corrected chi connectivity index (χ0v) is 12.6. The average Bonchev–Trinajstić information content (AvgIpc) is 3.01. The van der Waals surface area contributed by atoms with E-state index < -0.39 is 0 Å². The molecule has 0 radical (unpaired) electrons. The molecule has 2 aromatic carbocycles. The lowest BCUT2D eigenvalue weighted by molar-refractivity contribution is 0.457. The third-order valence-electron chi connectivity index (χ3n) is 3.98. The van der Waals surface area contributed by atoms with E-state index in [1.54, 1.807) is 0 Å². The minimum absolute atomic E-state index is 0.643. The number of nitriles is 1. The first-order valence-corrected chi connectivity index (χ1v) is 7.72. The predicted octanol–water partition coefficient (Wildman–Crippen LogP) is 3.93. The Hall–Kier alpha value is -2.60. The van der Waals surface area contributed by atoms with Gasteiger partial charge in [0.15, 0.2) is 0 Å². The van der Waals surface area contributed by atoms with Gasteiger partial charge < -0.3 is 4.90 Å². The Bertz CT molecular complexity index is 698. The minimum Gasteiger partial charge on any atom is -0.360 e. The molecule has 0 aromatic heterocycles. The summed E-state index contributed by atoms with van der Waals surface area (Å²) in [7, 11) is 0. The highest BCUT2D eigenvalue weighted by atomic mass is 15.2. The van der Waals surface area contributed by atoms with Crippen molar-refractivity contribution < 1.29 is 0 Å². The molecular formula is C19H19N3. The molecule has 1 fully saturated rings. The zero-order valence-electron chi connectivity index (χ0n) is 12.6. The van der Waals surface area contributed by atoms with Crippen LogP contribution in [0.3, 0.4) is 0 Å². The van der Waals surface area contributed by atoms with Gasteiger partial charge in [-0.1, -0.05) is 42.5 Å². The maximum absolute atomic E-state index is 9.18. The first kappa shape index (κ1) is 14.3. The highest BCUT2D eigenvalue weighted by Gasteiger charge is 2.18. The van der Waals surface area contributed by atoms with Crippen LogP contribution in [-0.4, -0.2) is 23.8 Å². The molecule has 22 heavy (non-hydrogen) atoms. The van der Waals surface area contributed by atoms with Crippen LogP contribution in [0, 0.1) is 11.3 Å². The number of aliphatic imine (C=N–C) groups is 1. The fourth-order valence-corrected chi connectivity index (χ4v) is 2.80. The third-order valence-corrected chi connectivity index (χ3v) is 3.98. The van der Waals surface area contributed by atoms with Gasteiger partial charge in [-0.15, -0.1) is 0 Å². The first-order valence-electron chi connectivity index (χ1n) is 7.72. The van der Waals surface area contributed by atoms with Gasteiger partial charge in [0.05, 0.1) is 11.3 Å². The summed E-state index contributed by atoms with van der Waals surface area (Å²) >= 11 is 0. The summed E-state index contributed by atoms with van der Waals surface area (Å²) in [5.41, 5.74) is 2.78. The van der Waals surface area contributed by atoms with Crippen LogP contribution >= 0.6 is 0 Å². The number of likely N-dealkylation sites (tertiary alicyclic amines) is 1. The van der Waals surface area contributed by atoms with Crippen molar-refractivity contribution in [2.24, 2.45) is 4.99 Å². The minimum atomic E-state index is 0.643. The predicted molar refractivity (Wildman–Crippen MR) is 89.2 cm³/mol. The van der Waals surface area contributed by atoms with Crippen molar-refractivity contribution in [3.8, 4) is 6.07 Å². The zero-order chi connectivity index (χ0) is 15.2. The second-order valence-electron chi connectivity index (χ2n) is 5.48. The summed E-state index contributed by atoms with van der Waals surface area (Å²) in [5, 5.41) is 9.18. The van der Waals surface area contributed by atoms with Gasteiger partial charge in [-0.3, -0.25) is 0 Å². The molecule has 3 nitrogen and oxygen atoms in total. The number of rotatable bonds is 4. The normalized spacial score (nSPS) is 16.0. The molecule has 0 unspecified atom stereocenters. The molecule has 110 valence electrons. The van der Waals surface area contributed by atoms with E-state index in [0.717, 1.165) is 43.9 Å². The largest absolute Gasteiger partial charge is 0.360 e. The Balaban J connectivity index is 1.73. The van der Waals surface area contributed by atoms with E-state index in [2.05, 4.69) is 35.2 Å². The van der Waals surface area contributed by atoms with Gasteiger partial charge in [-0.2, -0.15) is 5.26 Å². The summed E-state index contributed by atoms with van der Waals surface area (Å²) in [6.07, 6.45) is 3.16. The summed E-state index contributed by atoms with van der Waals surface area (Å²) in [4.78, 5) is 7.09. The van der Waals surface area contributed by atoms with Gasteiger partial charge in [0.2, 0.25) is 0 Å². The molecule has 1 aliphatic rings. The van der Waals surface area contributed by atoms with Crippen molar-refractivity contribution >= 4 is 11.5 Å². The van der Waals surface area contributed by atoms with E-state index >= 15 is 0 Å². The molecule has 0 aliphatic carbocycles. The standard InChI is InChI=1S/C19H19N3/c20-15-17-9-4-5-10-18(17)21-19-11-6-13-22(19)14-12-16-7-2-1-3-8-16/h1-5,7-10H,6,11-14H2. The van der Waals surface area contributed by atoms with Crippen molar-refractivity contribution in [3.63, 3.8) is 0 Å². The summed E-state index contributed by atoms with van der Waals surface area (Å²) in [6, 6.07) is 20.3. The van der Waals surface area contributed by atoms with Crippen molar-refractivity contribution in [1.29, 1.82) is 5.26 Å². The molecule has 3 heteroatoms. The molecule has 0 N–H and O–H groups in total. The van der Waals surface area contributed by atoms with E-state index in [1.807, 2.05) is 30.3 Å². The second-order valence-corrected chi connectivity index (χ2v) is 5.48. The number of para-hydroxylation sites is 1. The van der Waals surface area contributed by atoms with Crippen molar-refractivity contribution in [2.45, 2.75) is 19.3 Å². The molecule has 1 heterocycles. The van der Waals surface area contributed by atoms with Gasteiger partial charge in [0.1, 0.15) is 11.9 Å². The van der Waals surface area contributed by atoms with E-state index in [0.29, 0.717) is 5.56 Å². The number of hydrogen-bond donors (Lipinski definition) is 0. The Morgan fingerprint density at radius 1 is 1.05 bits per heavy atom. The topological polar surface area (TPSA) is 39.4 Å². The number of benzene rings is 2. The van der Waals surface area contributed by atoms with Crippen LogP contribution in [0.2, 0.25) is 0 Å². The number of amidine groups is 1. The quantitative estimate of drug-likeness (QED) is 0.855. The van der Waals surface area contributed by atoms with Gasteiger partial charge in [-0.25, -0.2) is 4.99 Å². The Labute approximate surface area is 131 Å². The average molecular weight is 289 g/mol. The SMILES string of the molecule is N#Cc1ccccc1N=C1CCCN1CCc1ccccc1. The molecule has 0 spiro atoms. The van der Waals surface area contributed by atoms with Crippen LogP contribution < -0.4 is 0 Å². The van der Waals surface area contributed by atoms with Crippen molar-refractivity contribution in [2.75, 3.05) is 13.1 Å². The summed E-state index contributed by atoms with van der Waals surface area (Å²) in [5.74, 6) is 1.11. The highest BCUT2D eigenvalue weighted by Crippen LogP contribution is 2.22.